The number of carbonyl (C=O) groups is 2. The fourth-order valence-electron chi connectivity index (χ4n) is 2.29. The molecule has 76 valence electrons. The first-order valence-corrected chi connectivity index (χ1v) is 5.29. The molecule has 1 aliphatic heterocycles. The van der Waals surface area contributed by atoms with Crippen LogP contribution in [0.4, 0.5) is 0 Å². The number of hydrogen-bond donors (Lipinski definition) is 0. The van der Waals surface area contributed by atoms with E-state index in [2.05, 4.69) is 0 Å². The van der Waals surface area contributed by atoms with Crippen LogP contribution in [0.5, 0.6) is 0 Å². The van der Waals surface area contributed by atoms with Gasteiger partial charge < -0.3 is 0 Å². The van der Waals surface area contributed by atoms with Crippen molar-refractivity contribution in [3.63, 3.8) is 0 Å². The van der Waals surface area contributed by atoms with Crippen molar-refractivity contribution >= 4 is 11.8 Å². The molecule has 0 N–H and O–H groups in total. The minimum absolute atomic E-state index is 0.131. The van der Waals surface area contributed by atoms with Crippen molar-refractivity contribution in [2.75, 3.05) is 0 Å². The first-order valence-electron chi connectivity index (χ1n) is 5.29. The number of carbonyl (C=O) groups excluding carboxylic acids is 2. The molecule has 2 aliphatic rings. The predicted octanol–water partition coefficient (Wildman–Crippen LogP) is 1.49. The van der Waals surface area contributed by atoms with Crippen LogP contribution in [0.3, 0.4) is 0 Å². The van der Waals surface area contributed by atoms with E-state index in [0.29, 0.717) is 5.92 Å². The van der Waals surface area contributed by atoms with Crippen molar-refractivity contribution in [2.45, 2.75) is 38.6 Å². The molecule has 1 atom stereocenters. The van der Waals surface area contributed by atoms with Crippen LogP contribution in [0.25, 0.3) is 0 Å². The number of nitrogens with zero attached hydrogens (tertiary/aromatic N) is 1. The molecule has 0 aromatic carbocycles. The second kappa shape index (κ2) is 3.56. The van der Waals surface area contributed by atoms with Gasteiger partial charge in [-0.2, -0.15) is 0 Å². The molecule has 2 amide bonds. The molecule has 1 heterocycles. The Kier molecular flexibility index (Phi) is 2.40. The highest BCUT2D eigenvalue weighted by atomic mass is 16.2. The van der Waals surface area contributed by atoms with Crippen molar-refractivity contribution in [3.8, 4) is 0 Å². The lowest BCUT2D eigenvalue weighted by Gasteiger charge is -2.37. The monoisotopic (exact) mass is 193 g/mol. The van der Waals surface area contributed by atoms with Crippen molar-refractivity contribution in [2.24, 2.45) is 5.92 Å². The predicted molar refractivity (Wildman–Crippen MR) is 52.4 cm³/mol. The molecule has 1 fully saturated rings. The molecule has 1 saturated carbocycles. The number of rotatable bonds is 3. The minimum Gasteiger partial charge on any atom is -0.272 e. The van der Waals surface area contributed by atoms with Crippen molar-refractivity contribution in [1.82, 2.24) is 4.90 Å². The van der Waals surface area contributed by atoms with Gasteiger partial charge in [0.1, 0.15) is 0 Å². The van der Waals surface area contributed by atoms with Crippen LogP contribution in [0.1, 0.15) is 32.6 Å². The Morgan fingerprint density at radius 1 is 1.36 bits per heavy atom. The molecule has 0 saturated heterocycles. The molecular weight excluding hydrogens is 178 g/mol. The van der Waals surface area contributed by atoms with Gasteiger partial charge in [-0.3, -0.25) is 14.5 Å². The van der Waals surface area contributed by atoms with E-state index in [0.717, 1.165) is 19.3 Å². The van der Waals surface area contributed by atoms with Crippen LogP contribution in [-0.2, 0) is 9.59 Å². The van der Waals surface area contributed by atoms with Crippen LogP contribution in [0.15, 0.2) is 12.2 Å². The smallest absolute Gasteiger partial charge is 0.253 e. The van der Waals surface area contributed by atoms with E-state index in [-0.39, 0.29) is 17.9 Å². The maximum atomic E-state index is 11.4. The van der Waals surface area contributed by atoms with Gasteiger partial charge in [-0.25, -0.2) is 0 Å². The van der Waals surface area contributed by atoms with Crippen LogP contribution in [0.2, 0.25) is 0 Å². The van der Waals surface area contributed by atoms with Gasteiger partial charge >= 0.3 is 0 Å². The molecule has 0 aromatic rings. The largest absolute Gasteiger partial charge is 0.272 e. The molecule has 0 spiro atoms. The summed E-state index contributed by atoms with van der Waals surface area (Å²) in [6, 6.07) is 0.138. The fourth-order valence-corrected chi connectivity index (χ4v) is 2.29. The van der Waals surface area contributed by atoms with Crippen molar-refractivity contribution < 1.29 is 9.59 Å². The second-order valence-electron chi connectivity index (χ2n) is 4.05. The molecular formula is C11H15NO2. The molecule has 1 aliphatic carbocycles. The van der Waals surface area contributed by atoms with Crippen LogP contribution >= 0.6 is 0 Å². The Balaban J connectivity index is 2.11. The van der Waals surface area contributed by atoms with Gasteiger partial charge in [-0.15, -0.1) is 0 Å². The Morgan fingerprint density at radius 3 is 2.29 bits per heavy atom. The Labute approximate surface area is 83.8 Å². The first-order chi connectivity index (χ1) is 6.74. The summed E-state index contributed by atoms with van der Waals surface area (Å²) < 4.78 is 0. The molecule has 3 nitrogen and oxygen atoms in total. The summed E-state index contributed by atoms with van der Waals surface area (Å²) in [7, 11) is 0. The Hall–Kier alpha value is -1.12. The van der Waals surface area contributed by atoms with Gasteiger partial charge in [0.05, 0.1) is 0 Å². The van der Waals surface area contributed by atoms with E-state index in [1.54, 1.807) is 0 Å². The maximum absolute atomic E-state index is 11.4. The van der Waals surface area contributed by atoms with Gasteiger partial charge in [-0.1, -0.05) is 13.3 Å². The lowest BCUT2D eigenvalue weighted by atomic mass is 9.78. The zero-order valence-corrected chi connectivity index (χ0v) is 8.40. The maximum Gasteiger partial charge on any atom is 0.253 e. The molecule has 0 aromatic heterocycles. The molecule has 2 rings (SSSR count). The molecule has 3 heteroatoms. The zero-order valence-electron chi connectivity index (χ0n) is 8.40. The quantitative estimate of drug-likeness (QED) is 0.637. The fraction of sp³-hybridized carbons (Fsp3) is 0.636. The van der Waals surface area contributed by atoms with E-state index in [4.69, 9.17) is 0 Å². The summed E-state index contributed by atoms with van der Waals surface area (Å²) in [6.45, 7) is 2.04. The van der Waals surface area contributed by atoms with E-state index in [1.165, 1.54) is 23.5 Å². The SMILES string of the molecule is CCC(C1CCC1)N1C(=O)C=CC1=O. The van der Waals surface area contributed by atoms with Crippen LogP contribution in [0, 0.1) is 5.92 Å². The molecule has 0 bridgehead atoms. The summed E-state index contributed by atoms with van der Waals surface area (Å²) in [5, 5.41) is 0. The van der Waals surface area contributed by atoms with Gasteiger partial charge in [-0.05, 0) is 25.2 Å². The molecule has 0 radical (unpaired) electrons. The normalized spacial score (nSPS) is 24.2. The van der Waals surface area contributed by atoms with E-state index in [9.17, 15) is 9.59 Å². The van der Waals surface area contributed by atoms with Crippen LogP contribution in [-0.4, -0.2) is 22.8 Å². The topological polar surface area (TPSA) is 37.4 Å². The third-order valence-corrected chi connectivity index (χ3v) is 3.29. The lowest BCUT2D eigenvalue weighted by molar-refractivity contribution is -0.141. The third kappa shape index (κ3) is 1.37. The average Bonchev–Trinajstić information content (AvgIpc) is 2.40. The van der Waals surface area contributed by atoms with Crippen molar-refractivity contribution in [3.05, 3.63) is 12.2 Å². The van der Waals surface area contributed by atoms with Crippen LogP contribution < -0.4 is 0 Å². The van der Waals surface area contributed by atoms with Crippen molar-refractivity contribution in [1.29, 1.82) is 0 Å². The summed E-state index contributed by atoms with van der Waals surface area (Å²) in [5.74, 6) is 0.287. The third-order valence-electron chi connectivity index (χ3n) is 3.29. The highest BCUT2D eigenvalue weighted by Crippen LogP contribution is 2.34. The van der Waals surface area contributed by atoms with Gasteiger partial charge in [0, 0.05) is 18.2 Å². The van der Waals surface area contributed by atoms with E-state index < -0.39 is 0 Å². The standard InChI is InChI=1S/C11H15NO2/c1-2-9(8-4-3-5-8)12-10(13)6-7-11(12)14/h6-9H,2-5H2,1H3. The summed E-state index contributed by atoms with van der Waals surface area (Å²) >= 11 is 0. The number of hydrogen-bond acceptors (Lipinski definition) is 2. The highest BCUT2D eigenvalue weighted by molar-refractivity contribution is 6.13. The second-order valence-corrected chi connectivity index (χ2v) is 4.05. The number of imide groups is 1. The Morgan fingerprint density at radius 2 is 1.93 bits per heavy atom. The summed E-state index contributed by atoms with van der Waals surface area (Å²) in [6.07, 6.45) is 7.20. The molecule has 14 heavy (non-hydrogen) atoms. The average molecular weight is 193 g/mol. The van der Waals surface area contributed by atoms with E-state index >= 15 is 0 Å². The summed E-state index contributed by atoms with van der Waals surface area (Å²) in [5.41, 5.74) is 0. The van der Waals surface area contributed by atoms with E-state index in [1.807, 2.05) is 6.92 Å². The number of amides is 2. The molecule has 1 unspecified atom stereocenters. The van der Waals surface area contributed by atoms with Gasteiger partial charge in [0.15, 0.2) is 0 Å². The Bertz CT molecular complexity index is 274. The minimum atomic E-state index is -0.131. The highest BCUT2D eigenvalue weighted by Gasteiger charge is 2.37. The zero-order chi connectivity index (χ0) is 10.1. The summed E-state index contributed by atoms with van der Waals surface area (Å²) in [4.78, 5) is 24.3. The first kappa shape index (κ1) is 9.44. The van der Waals surface area contributed by atoms with Gasteiger partial charge in [0.25, 0.3) is 11.8 Å². The van der Waals surface area contributed by atoms with Gasteiger partial charge in [0.2, 0.25) is 0 Å². The lowest BCUT2D eigenvalue weighted by Crippen LogP contribution is -2.46.